The van der Waals surface area contributed by atoms with Crippen molar-refractivity contribution in [3.63, 3.8) is 0 Å². The Labute approximate surface area is 383 Å². The second-order valence-electron chi connectivity index (χ2n) is 16.4. The van der Waals surface area contributed by atoms with Gasteiger partial charge in [0.2, 0.25) is 5.89 Å². The maximum atomic E-state index is 6.41. The van der Waals surface area contributed by atoms with Gasteiger partial charge >= 0.3 is 0 Å². The molecule has 312 valence electrons. The van der Waals surface area contributed by atoms with Crippen LogP contribution in [0.3, 0.4) is 0 Å². The highest BCUT2D eigenvalue weighted by Gasteiger charge is 2.19. The Morgan fingerprint density at radius 1 is 0.318 bits per heavy atom. The summed E-state index contributed by atoms with van der Waals surface area (Å²) in [7, 11) is 0. The molecular formula is C61H42N4O. The molecule has 0 bridgehead atoms. The predicted octanol–water partition coefficient (Wildman–Crippen LogP) is 16.9. The zero-order valence-corrected chi connectivity index (χ0v) is 35.9. The number of hydrogen-bond donors (Lipinski definition) is 0. The Balaban J connectivity index is 0.968. The molecule has 0 spiro atoms. The smallest absolute Gasteiger partial charge is 0.227 e. The maximum Gasteiger partial charge on any atom is 0.227 e. The second kappa shape index (κ2) is 16.6. The quantitative estimate of drug-likeness (QED) is 0.137. The summed E-state index contributed by atoms with van der Waals surface area (Å²) in [4.78, 5) is 9.43. The van der Waals surface area contributed by atoms with Crippen molar-refractivity contribution in [3.05, 3.63) is 255 Å². The van der Waals surface area contributed by atoms with Gasteiger partial charge in [0.05, 0.1) is 16.7 Å². The lowest BCUT2D eigenvalue weighted by molar-refractivity contribution is 0.619. The van der Waals surface area contributed by atoms with E-state index in [1.54, 1.807) is 0 Å². The third kappa shape index (κ3) is 7.15. The van der Waals surface area contributed by atoms with Crippen LogP contribution in [0.4, 0.5) is 34.1 Å². The fraction of sp³-hybridized carbons (Fsp3) is 0. The van der Waals surface area contributed by atoms with Gasteiger partial charge < -0.3 is 18.8 Å². The van der Waals surface area contributed by atoms with E-state index in [2.05, 4.69) is 239 Å². The van der Waals surface area contributed by atoms with Crippen LogP contribution >= 0.6 is 0 Å². The number of anilines is 6. The van der Waals surface area contributed by atoms with E-state index in [1.807, 2.05) is 30.3 Å². The van der Waals surface area contributed by atoms with Gasteiger partial charge in [-0.15, -0.1) is 0 Å². The molecule has 0 saturated heterocycles. The first kappa shape index (κ1) is 38.7. The monoisotopic (exact) mass is 846 g/mol. The first-order chi connectivity index (χ1) is 32.7. The van der Waals surface area contributed by atoms with Crippen LogP contribution in [-0.2, 0) is 0 Å². The third-order valence-electron chi connectivity index (χ3n) is 12.4. The highest BCUT2D eigenvalue weighted by Crippen LogP contribution is 2.41. The van der Waals surface area contributed by atoms with Crippen LogP contribution in [0, 0.1) is 0 Å². The summed E-state index contributed by atoms with van der Waals surface area (Å²) >= 11 is 0. The van der Waals surface area contributed by atoms with Crippen molar-refractivity contribution in [2.24, 2.45) is 0 Å². The molecule has 0 unspecified atom stereocenters. The minimum absolute atomic E-state index is 0.614. The molecule has 0 radical (unpaired) electrons. The van der Waals surface area contributed by atoms with Crippen LogP contribution in [0.15, 0.2) is 259 Å². The molecule has 10 aromatic carbocycles. The number of fused-ring (bicyclic) bond motifs is 4. The fourth-order valence-corrected chi connectivity index (χ4v) is 9.23. The van der Waals surface area contributed by atoms with Gasteiger partial charge in [0.1, 0.15) is 5.52 Å². The third-order valence-corrected chi connectivity index (χ3v) is 12.4. The molecule has 66 heavy (non-hydrogen) atoms. The first-order valence-corrected chi connectivity index (χ1v) is 22.3. The summed E-state index contributed by atoms with van der Waals surface area (Å²) in [6.07, 6.45) is 0. The van der Waals surface area contributed by atoms with Crippen molar-refractivity contribution in [1.82, 2.24) is 9.55 Å². The Kier molecular flexibility index (Phi) is 9.77. The molecule has 5 heteroatoms. The van der Waals surface area contributed by atoms with Crippen molar-refractivity contribution in [2.75, 3.05) is 9.80 Å². The zero-order chi connectivity index (χ0) is 43.8. The zero-order valence-electron chi connectivity index (χ0n) is 35.9. The van der Waals surface area contributed by atoms with Crippen molar-refractivity contribution in [1.29, 1.82) is 0 Å². The number of benzene rings is 10. The largest absolute Gasteiger partial charge is 0.436 e. The molecule has 2 heterocycles. The minimum atomic E-state index is 0.614. The molecule has 0 aliphatic carbocycles. The lowest BCUT2D eigenvalue weighted by Gasteiger charge is -2.25. The number of hydrogen-bond acceptors (Lipinski definition) is 4. The average Bonchev–Trinajstić information content (AvgIpc) is 3.97. The van der Waals surface area contributed by atoms with Crippen LogP contribution < -0.4 is 9.80 Å². The van der Waals surface area contributed by atoms with Crippen LogP contribution in [0.5, 0.6) is 0 Å². The molecule has 0 fully saturated rings. The number of aromatic nitrogens is 2. The van der Waals surface area contributed by atoms with E-state index in [0.29, 0.717) is 5.89 Å². The Morgan fingerprint density at radius 3 is 1.12 bits per heavy atom. The van der Waals surface area contributed by atoms with E-state index >= 15 is 0 Å². The molecule has 12 rings (SSSR count). The van der Waals surface area contributed by atoms with Gasteiger partial charge in [0.15, 0.2) is 5.58 Å². The first-order valence-electron chi connectivity index (χ1n) is 22.3. The van der Waals surface area contributed by atoms with Gasteiger partial charge in [-0.25, -0.2) is 4.98 Å². The van der Waals surface area contributed by atoms with Crippen LogP contribution in [0.2, 0.25) is 0 Å². The SMILES string of the molecule is c1ccc(-c2nc3ccc(-n4c5ccc(-c6ccc(N(c7ccccc7)c7ccccc7)cc6)cc5c5cc(-c6ccc(N(c7ccccc7)c7ccccc7)cc6)ccc54)cc3o2)cc1. The molecule has 0 saturated carbocycles. The van der Waals surface area contributed by atoms with Crippen molar-refractivity contribution < 1.29 is 4.42 Å². The molecule has 0 aliphatic heterocycles. The summed E-state index contributed by atoms with van der Waals surface area (Å²) in [6, 6.07) is 90.0. The van der Waals surface area contributed by atoms with E-state index in [-0.39, 0.29) is 0 Å². The van der Waals surface area contributed by atoms with Gasteiger partial charge in [-0.3, -0.25) is 0 Å². The summed E-state index contributed by atoms with van der Waals surface area (Å²) in [5, 5.41) is 2.34. The van der Waals surface area contributed by atoms with E-state index in [1.165, 1.54) is 10.8 Å². The Bertz CT molecular complexity index is 3340. The molecule has 0 amide bonds. The van der Waals surface area contributed by atoms with Crippen LogP contribution in [0.25, 0.3) is 72.3 Å². The van der Waals surface area contributed by atoms with Gasteiger partial charge in [-0.2, -0.15) is 0 Å². The van der Waals surface area contributed by atoms with Crippen molar-refractivity contribution in [3.8, 4) is 39.4 Å². The van der Waals surface area contributed by atoms with Gasteiger partial charge in [-0.05, 0) is 144 Å². The summed E-state index contributed by atoms with van der Waals surface area (Å²) in [5.74, 6) is 0.614. The second-order valence-corrected chi connectivity index (χ2v) is 16.4. The highest BCUT2D eigenvalue weighted by atomic mass is 16.3. The molecule has 0 aliphatic rings. The summed E-state index contributed by atoms with van der Waals surface area (Å²) in [6.45, 7) is 0. The Hall–Kier alpha value is -8.93. The topological polar surface area (TPSA) is 37.4 Å². The lowest BCUT2D eigenvalue weighted by Crippen LogP contribution is -2.09. The summed E-state index contributed by atoms with van der Waals surface area (Å²) in [5.41, 5.74) is 17.0. The van der Waals surface area contributed by atoms with E-state index in [4.69, 9.17) is 9.40 Å². The minimum Gasteiger partial charge on any atom is -0.436 e. The van der Waals surface area contributed by atoms with Gasteiger partial charge in [0, 0.05) is 56.5 Å². The predicted molar refractivity (Wildman–Crippen MR) is 274 cm³/mol. The van der Waals surface area contributed by atoms with Crippen molar-refractivity contribution >= 4 is 67.0 Å². The molecule has 0 N–H and O–H groups in total. The number of oxazole rings is 1. The van der Waals surface area contributed by atoms with Gasteiger partial charge in [0.25, 0.3) is 0 Å². The molecular weight excluding hydrogens is 805 g/mol. The summed E-state index contributed by atoms with van der Waals surface area (Å²) < 4.78 is 8.76. The average molecular weight is 847 g/mol. The maximum absolute atomic E-state index is 6.41. The van der Waals surface area contributed by atoms with E-state index in [9.17, 15) is 0 Å². The van der Waals surface area contributed by atoms with Crippen LogP contribution in [0.1, 0.15) is 0 Å². The van der Waals surface area contributed by atoms with E-state index in [0.717, 1.165) is 89.8 Å². The Morgan fingerprint density at radius 2 is 0.697 bits per heavy atom. The van der Waals surface area contributed by atoms with Crippen LogP contribution in [-0.4, -0.2) is 9.55 Å². The lowest BCUT2D eigenvalue weighted by atomic mass is 9.99. The van der Waals surface area contributed by atoms with E-state index < -0.39 is 0 Å². The number of nitrogens with zero attached hydrogens (tertiary/aromatic N) is 4. The molecule has 5 nitrogen and oxygen atoms in total. The normalized spacial score (nSPS) is 11.3. The van der Waals surface area contributed by atoms with Crippen molar-refractivity contribution in [2.45, 2.75) is 0 Å². The van der Waals surface area contributed by atoms with Gasteiger partial charge in [-0.1, -0.05) is 127 Å². The number of para-hydroxylation sites is 4. The molecule has 2 aromatic heterocycles. The number of rotatable bonds is 10. The standard InChI is InChI=1S/C61H42N4O/c1-6-16-45(17-7-1)61-62-57-37-36-54(42-60(57)66-61)65-58-38-30-46(43-26-32-52(33-27-43)63(48-18-8-2-9-19-48)49-20-10-3-11-21-49)40-55(58)56-41-47(31-39-59(56)65)44-28-34-53(35-29-44)64(50-22-12-4-13-23-50)51-24-14-5-15-25-51/h1-42H. The molecule has 12 aromatic rings. The fourth-order valence-electron chi connectivity index (χ4n) is 9.23. The molecule has 0 atom stereocenters. The highest BCUT2D eigenvalue weighted by molar-refractivity contribution is 6.12.